The molecule has 0 aromatic rings. The summed E-state index contributed by atoms with van der Waals surface area (Å²) in [7, 11) is 0. The molecule has 1 saturated heterocycles. The molecule has 7 nitrogen and oxygen atoms in total. The van der Waals surface area contributed by atoms with Gasteiger partial charge in [-0.25, -0.2) is 0 Å². The minimum absolute atomic E-state index is 0.138. The number of hydrogen-bond acceptors (Lipinski definition) is 7. The molecule has 7 heteroatoms. The van der Waals surface area contributed by atoms with Crippen LogP contribution in [0.2, 0.25) is 0 Å². The van der Waals surface area contributed by atoms with Crippen LogP contribution >= 0.6 is 0 Å². The van der Waals surface area contributed by atoms with Crippen molar-refractivity contribution in [3.8, 4) is 0 Å². The number of carbonyl (C=O) groups is 1. The van der Waals surface area contributed by atoms with Crippen molar-refractivity contribution >= 4 is 5.97 Å². The van der Waals surface area contributed by atoms with E-state index in [1.54, 1.807) is 0 Å². The highest BCUT2D eigenvalue weighted by Gasteiger charge is 2.59. The first-order valence-electron chi connectivity index (χ1n) is 23.5. The van der Waals surface area contributed by atoms with Gasteiger partial charge < -0.3 is 29.5 Å². The SMILES string of the molecule is CCCCCCCCCCCCCC(=O)OCC1OC(OC2CCC3(C)C(=CCC4C3CCC3(C)C(C(C)CCC(C)C(C)C)CCC43)C2)C(O)C(O)C1O. The van der Waals surface area contributed by atoms with Gasteiger partial charge in [-0.3, -0.25) is 4.79 Å². The molecule has 3 N–H and O–H groups in total. The quantitative estimate of drug-likeness (QED) is 0.0606. The molecule has 14 atom stereocenters. The van der Waals surface area contributed by atoms with E-state index in [1.165, 1.54) is 95.5 Å². The zero-order chi connectivity index (χ0) is 39.8. The summed E-state index contributed by atoms with van der Waals surface area (Å²) >= 11 is 0. The summed E-state index contributed by atoms with van der Waals surface area (Å²) in [6.07, 6.45) is 21.9. The van der Waals surface area contributed by atoms with Gasteiger partial charge in [-0.1, -0.05) is 137 Å². The summed E-state index contributed by atoms with van der Waals surface area (Å²) in [6.45, 7) is 17.0. The van der Waals surface area contributed by atoms with Crippen molar-refractivity contribution in [3.05, 3.63) is 11.6 Å². The van der Waals surface area contributed by atoms with Crippen LogP contribution in [0.15, 0.2) is 11.6 Å². The molecule has 0 bridgehead atoms. The molecular weight excluding hydrogens is 689 g/mol. The Kier molecular flexibility index (Phi) is 17.1. The molecule has 14 unspecified atom stereocenters. The average Bonchev–Trinajstić information content (AvgIpc) is 3.53. The predicted molar refractivity (Wildman–Crippen MR) is 221 cm³/mol. The van der Waals surface area contributed by atoms with Gasteiger partial charge in [0.2, 0.25) is 0 Å². The fourth-order valence-corrected chi connectivity index (χ4v) is 12.3. The summed E-state index contributed by atoms with van der Waals surface area (Å²) in [4.78, 5) is 12.5. The maximum Gasteiger partial charge on any atom is 0.305 e. The van der Waals surface area contributed by atoms with Gasteiger partial charge >= 0.3 is 5.97 Å². The first-order valence-corrected chi connectivity index (χ1v) is 23.5. The maximum atomic E-state index is 12.5. The van der Waals surface area contributed by atoms with E-state index < -0.39 is 30.7 Å². The lowest BCUT2D eigenvalue weighted by Gasteiger charge is -2.58. The molecule has 0 radical (unpaired) electrons. The van der Waals surface area contributed by atoms with Crippen LogP contribution < -0.4 is 0 Å². The molecule has 3 saturated carbocycles. The fraction of sp³-hybridized carbons (Fsp3) is 0.938. The van der Waals surface area contributed by atoms with Gasteiger partial charge in [-0.2, -0.15) is 0 Å². The van der Waals surface area contributed by atoms with E-state index in [-0.39, 0.29) is 24.1 Å². The second-order valence-electron chi connectivity index (χ2n) is 20.2. The third kappa shape index (κ3) is 11.0. The molecule has 4 fully saturated rings. The van der Waals surface area contributed by atoms with Gasteiger partial charge in [0.25, 0.3) is 0 Å². The number of carbonyl (C=O) groups excluding carboxylic acids is 1. The first kappa shape index (κ1) is 45.1. The summed E-state index contributed by atoms with van der Waals surface area (Å²) < 4.78 is 18.0. The highest BCUT2D eigenvalue weighted by Crippen LogP contribution is 2.67. The fourth-order valence-electron chi connectivity index (χ4n) is 12.3. The molecule has 1 aliphatic heterocycles. The van der Waals surface area contributed by atoms with Crippen molar-refractivity contribution in [2.75, 3.05) is 6.61 Å². The second kappa shape index (κ2) is 20.8. The Morgan fingerprint density at radius 3 is 2.16 bits per heavy atom. The monoisotopic (exact) mass is 773 g/mol. The second-order valence-corrected chi connectivity index (χ2v) is 20.2. The van der Waals surface area contributed by atoms with Crippen LogP contribution in [-0.4, -0.2) is 64.7 Å². The van der Waals surface area contributed by atoms with E-state index >= 15 is 0 Å². The molecule has 0 aromatic carbocycles. The van der Waals surface area contributed by atoms with Gasteiger partial charge in [-0.15, -0.1) is 0 Å². The number of fused-ring (bicyclic) bond motifs is 5. The number of allylic oxidation sites excluding steroid dienone is 1. The number of unbranched alkanes of at least 4 members (excludes halogenated alkanes) is 10. The Morgan fingerprint density at radius 2 is 1.49 bits per heavy atom. The zero-order valence-electron chi connectivity index (χ0n) is 36.3. The summed E-state index contributed by atoms with van der Waals surface area (Å²) in [6, 6.07) is 0. The van der Waals surface area contributed by atoms with E-state index in [1.807, 2.05) is 0 Å². The first-order chi connectivity index (χ1) is 26.3. The standard InChI is InChI=1S/C48H84O7/c1-8-9-10-11-12-13-14-15-16-17-18-19-42(49)53-31-41-43(50)44(51)45(52)46(55-41)54-36-26-28-47(6)35(30-36)22-23-37-39-25-24-38(48(39,7)29-27-40(37)47)34(5)21-20-33(4)32(2)3/h22,32-34,36-41,43-46,50-52H,8-21,23-31H2,1-7H3. The van der Waals surface area contributed by atoms with Gasteiger partial charge in [0.15, 0.2) is 6.29 Å². The van der Waals surface area contributed by atoms with Crippen LogP contribution in [-0.2, 0) is 19.0 Å². The van der Waals surface area contributed by atoms with Gasteiger partial charge in [0, 0.05) is 6.42 Å². The lowest BCUT2D eigenvalue weighted by Crippen LogP contribution is -2.60. The van der Waals surface area contributed by atoms with Gasteiger partial charge in [0.05, 0.1) is 6.10 Å². The molecule has 4 aliphatic carbocycles. The van der Waals surface area contributed by atoms with E-state index in [4.69, 9.17) is 14.2 Å². The molecule has 0 amide bonds. The third-order valence-electron chi connectivity index (χ3n) is 16.4. The predicted octanol–water partition coefficient (Wildman–Crippen LogP) is 10.7. The number of aliphatic hydroxyl groups is 3. The number of esters is 1. The third-order valence-corrected chi connectivity index (χ3v) is 16.4. The summed E-state index contributed by atoms with van der Waals surface area (Å²) in [5.74, 6) is 5.17. The van der Waals surface area contributed by atoms with Crippen molar-refractivity contribution in [1.29, 1.82) is 0 Å². The number of rotatable bonds is 21. The molecule has 318 valence electrons. The molecule has 5 rings (SSSR count). The van der Waals surface area contributed by atoms with Crippen LogP contribution in [0.25, 0.3) is 0 Å². The Hall–Kier alpha value is -0.990. The molecule has 0 aromatic heterocycles. The summed E-state index contributed by atoms with van der Waals surface area (Å²) in [5, 5.41) is 32.4. The van der Waals surface area contributed by atoms with E-state index in [0.29, 0.717) is 17.8 Å². The molecule has 55 heavy (non-hydrogen) atoms. The topological polar surface area (TPSA) is 105 Å². The Balaban J connectivity index is 1.07. The Labute approximate surface area is 336 Å². The van der Waals surface area contributed by atoms with Crippen LogP contribution in [0, 0.1) is 52.3 Å². The van der Waals surface area contributed by atoms with Crippen LogP contribution in [0.1, 0.15) is 190 Å². The highest BCUT2D eigenvalue weighted by atomic mass is 16.7. The van der Waals surface area contributed by atoms with Crippen molar-refractivity contribution in [3.63, 3.8) is 0 Å². The van der Waals surface area contributed by atoms with Crippen LogP contribution in [0.3, 0.4) is 0 Å². The van der Waals surface area contributed by atoms with Crippen molar-refractivity contribution in [2.24, 2.45) is 52.3 Å². The smallest absolute Gasteiger partial charge is 0.305 e. The Bertz CT molecular complexity index is 1200. The minimum atomic E-state index is -1.44. The lowest BCUT2D eigenvalue weighted by atomic mass is 9.47. The van der Waals surface area contributed by atoms with E-state index in [9.17, 15) is 20.1 Å². The number of hydrogen-bond donors (Lipinski definition) is 3. The van der Waals surface area contributed by atoms with Gasteiger partial charge in [-0.05, 0) is 110 Å². The van der Waals surface area contributed by atoms with E-state index in [0.717, 1.165) is 80.5 Å². The number of aliphatic hydroxyl groups excluding tert-OH is 3. The molecular formula is C48H84O7. The lowest BCUT2D eigenvalue weighted by molar-refractivity contribution is -0.313. The molecule has 5 aliphatic rings. The average molecular weight is 773 g/mol. The van der Waals surface area contributed by atoms with Crippen molar-refractivity contribution in [1.82, 2.24) is 0 Å². The maximum absolute atomic E-state index is 12.5. The van der Waals surface area contributed by atoms with E-state index in [2.05, 4.69) is 54.5 Å². The Morgan fingerprint density at radius 1 is 0.818 bits per heavy atom. The van der Waals surface area contributed by atoms with Crippen LogP contribution in [0.4, 0.5) is 0 Å². The zero-order valence-corrected chi connectivity index (χ0v) is 36.3. The largest absolute Gasteiger partial charge is 0.463 e. The van der Waals surface area contributed by atoms with Crippen molar-refractivity contribution in [2.45, 2.75) is 227 Å². The normalized spacial score (nSPS) is 38.5. The van der Waals surface area contributed by atoms with Gasteiger partial charge in [0.1, 0.15) is 31.0 Å². The molecule has 0 spiro atoms. The molecule has 1 heterocycles. The minimum Gasteiger partial charge on any atom is -0.463 e. The summed E-state index contributed by atoms with van der Waals surface area (Å²) in [5.41, 5.74) is 2.13. The van der Waals surface area contributed by atoms with Crippen LogP contribution in [0.5, 0.6) is 0 Å². The number of ether oxygens (including phenoxy) is 3. The van der Waals surface area contributed by atoms with Crippen molar-refractivity contribution < 1.29 is 34.3 Å². The highest BCUT2D eigenvalue weighted by molar-refractivity contribution is 5.69.